The van der Waals surface area contributed by atoms with E-state index in [-0.39, 0.29) is 11.3 Å². The third-order valence-electron chi connectivity index (χ3n) is 6.69. The largest absolute Gasteiger partial charge is 0.507 e. The molecule has 0 saturated carbocycles. The van der Waals surface area contributed by atoms with Gasteiger partial charge in [-0.15, -0.1) is 0 Å². The molecule has 2 aromatic carbocycles. The molecule has 1 saturated heterocycles. The second-order valence-corrected chi connectivity index (χ2v) is 9.87. The van der Waals surface area contributed by atoms with Crippen LogP contribution in [-0.4, -0.2) is 66.0 Å². The number of carbonyl (C=O) groups is 2. The number of benzene rings is 2. The Labute approximate surface area is 226 Å². The van der Waals surface area contributed by atoms with Crippen LogP contribution < -0.4 is 9.47 Å². The molecule has 1 amide bonds. The Balaban J connectivity index is 2.05. The Bertz CT molecular complexity index is 1170. The van der Waals surface area contributed by atoms with Gasteiger partial charge in [0.15, 0.2) is 0 Å². The first-order chi connectivity index (χ1) is 18.2. The fraction of sp³-hybridized carbons (Fsp3) is 0.419. The molecule has 2 aromatic rings. The third-order valence-corrected chi connectivity index (χ3v) is 6.69. The van der Waals surface area contributed by atoms with Crippen molar-refractivity contribution in [1.82, 2.24) is 9.80 Å². The van der Waals surface area contributed by atoms with Gasteiger partial charge in [-0.25, -0.2) is 0 Å². The Kier molecular flexibility index (Phi) is 10.1. The lowest BCUT2D eigenvalue weighted by Gasteiger charge is -2.28. The average Bonchev–Trinajstić information content (AvgIpc) is 3.16. The number of hydrogen-bond donors (Lipinski definition) is 1. The van der Waals surface area contributed by atoms with Crippen molar-refractivity contribution in [2.45, 2.75) is 40.7 Å². The van der Waals surface area contributed by atoms with E-state index in [0.717, 1.165) is 24.2 Å². The first-order valence-electron chi connectivity index (χ1n) is 13.3. The molecule has 1 fully saturated rings. The monoisotopic (exact) mass is 520 g/mol. The van der Waals surface area contributed by atoms with Crippen LogP contribution in [0.2, 0.25) is 0 Å². The smallest absolute Gasteiger partial charge is 0.295 e. The van der Waals surface area contributed by atoms with E-state index in [1.807, 2.05) is 25.1 Å². The van der Waals surface area contributed by atoms with Crippen LogP contribution in [0.5, 0.6) is 11.5 Å². The van der Waals surface area contributed by atoms with E-state index < -0.39 is 17.7 Å². The summed E-state index contributed by atoms with van der Waals surface area (Å²) < 4.78 is 11.4. The van der Waals surface area contributed by atoms with Crippen molar-refractivity contribution in [2.24, 2.45) is 5.92 Å². The number of likely N-dealkylation sites (tertiary alicyclic amines) is 1. The lowest BCUT2D eigenvalue weighted by molar-refractivity contribution is -0.140. The molecule has 0 aromatic heterocycles. The Morgan fingerprint density at radius 1 is 1.08 bits per heavy atom. The molecular formula is C31H40N2O5. The Morgan fingerprint density at radius 2 is 1.74 bits per heavy atom. The van der Waals surface area contributed by atoms with Crippen molar-refractivity contribution in [3.05, 3.63) is 77.4 Å². The average molecular weight is 521 g/mol. The molecule has 1 atom stereocenters. The number of carbonyl (C=O) groups excluding carboxylic acids is 2. The molecule has 1 N–H and O–H groups in total. The molecule has 0 radical (unpaired) electrons. The topological polar surface area (TPSA) is 79.3 Å². The molecule has 1 aliphatic heterocycles. The SMILES string of the molecule is C=CCOc1ccc(C2/C(=C(\O)c3ccc(OCC(C)C)cc3C)C(=O)C(=O)N2CCN(CC)CC)cc1. The van der Waals surface area contributed by atoms with Crippen LogP contribution in [-0.2, 0) is 9.59 Å². The zero-order valence-corrected chi connectivity index (χ0v) is 23.2. The van der Waals surface area contributed by atoms with Crippen molar-refractivity contribution < 1.29 is 24.2 Å². The van der Waals surface area contributed by atoms with Gasteiger partial charge in [-0.1, -0.05) is 52.5 Å². The van der Waals surface area contributed by atoms with Crippen LogP contribution in [0.3, 0.4) is 0 Å². The van der Waals surface area contributed by atoms with Crippen molar-refractivity contribution in [3.63, 3.8) is 0 Å². The normalized spacial score (nSPS) is 16.9. The predicted molar refractivity (Wildman–Crippen MR) is 150 cm³/mol. The van der Waals surface area contributed by atoms with Gasteiger partial charge < -0.3 is 24.4 Å². The van der Waals surface area contributed by atoms with Crippen LogP contribution in [0.25, 0.3) is 5.76 Å². The van der Waals surface area contributed by atoms with E-state index in [2.05, 4.69) is 39.2 Å². The number of likely N-dealkylation sites (N-methyl/N-ethyl adjacent to an activating group) is 1. The zero-order valence-electron chi connectivity index (χ0n) is 23.2. The van der Waals surface area contributed by atoms with Crippen molar-refractivity contribution >= 4 is 17.4 Å². The number of aliphatic hydroxyl groups is 1. The zero-order chi connectivity index (χ0) is 27.8. The molecule has 0 spiro atoms. The van der Waals surface area contributed by atoms with E-state index in [1.165, 1.54) is 0 Å². The van der Waals surface area contributed by atoms with Gasteiger partial charge in [0.25, 0.3) is 11.7 Å². The number of ether oxygens (including phenoxy) is 2. The summed E-state index contributed by atoms with van der Waals surface area (Å²) in [5.41, 5.74) is 2.07. The fourth-order valence-electron chi connectivity index (χ4n) is 4.55. The maximum atomic E-state index is 13.4. The third kappa shape index (κ3) is 6.64. The van der Waals surface area contributed by atoms with Gasteiger partial charge in [0.05, 0.1) is 18.2 Å². The maximum Gasteiger partial charge on any atom is 0.295 e. The highest BCUT2D eigenvalue weighted by Gasteiger charge is 2.46. The van der Waals surface area contributed by atoms with E-state index in [0.29, 0.717) is 49.3 Å². The summed E-state index contributed by atoms with van der Waals surface area (Å²) in [5.74, 6) is 0.257. The summed E-state index contributed by atoms with van der Waals surface area (Å²) in [6.45, 7) is 17.4. The number of ketones is 1. The van der Waals surface area contributed by atoms with Gasteiger partial charge in [-0.3, -0.25) is 9.59 Å². The minimum Gasteiger partial charge on any atom is -0.507 e. The lowest BCUT2D eigenvalue weighted by atomic mass is 9.94. The fourth-order valence-corrected chi connectivity index (χ4v) is 4.55. The highest BCUT2D eigenvalue weighted by molar-refractivity contribution is 6.46. The molecule has 204 valence electrons. The first kappa shape index (κ1) is 29.0. The molecule has 7 heteroatoms. The summed E-state index contributed by atoms with van der Waals surface area (Å²) in [6, 6.07) is 11.9. The van der Waals surface area contributed by atoms with Crippen LogP contribution in [0.15, 0.2) is 60.7 Å². The van der Waals surface area contributed by atoms with Gasteiger partial charge in [0.2, 0.25) is 0 Å². The summed E-state index contributed by atoms with van der Waals surface area (Å²) in [5, 5.41) is 11.5. The molecule has 1 heterocycles. The second kappa shape index (κ2) is 13.3. The molecule has 0 bridgehead atoms. The minimum absolute atomic E-state index is 0.0910. The van der Waals surface area contributed by atoms with Crippen LogP contribution in [0.4, 0.5) is 0 Å². The van der Waals surface area contributed by atoms with E-state index in [1.54, 1.807) is 35.2 Å². The molecular weight excluding hydrogens is 480 g/mol. The van der Waals surface area contributed by atoms with Gasteiger partial charge >= 0.3 is 0 Å². The number of Topliss-reactive ketones (excluding diaryl/α,β-unsaturated/α-hetero) is 1. The van der Waals surface area contributed by atoms with Crippen LogP contribution in [0, 0.1) is 12.8 Å². The summed E-state index contributed by atoms with van der Waals surface area (Å²) >= 11 is 0. The maximum absolute atomic E-state index is 13.4. The molecule has 1 aliphatic rings. The van der Waals surface area contributed by atoms with E-state index in [4.69, 9.17) is 9.47 Å². The Hall–Kier alpha value is -3.58. The van der Waals surface area contributed by atoms with Crippen LogP contribution in [0.1, 0.15) is 50.4 Å². The van der Waals surface area contributed by atoms with Crippen molar-refractivity contribution in [3.8, 4) is 11.5 Å². The lowest BCUT2D eigenvalue weighted by Crippen LogP contribution is -2.38. The highest BCUT2D eigenvalue weighted by atomic mass is 16.5. The minimum atomic E-state index is -0.713. The number of rotatable bonds is 13. The van der Waals surface area contributed by atoms with E-state index in [9.17, 15) is 14.7 Å². The highest BCUT2D eigenvalue weighted by Crippen LogP contribution is 2.40. The predicted octanol–water partition coefficient (Wildman–Crippen LogP) is 5.36. The van der Waals surface area contributed by atoms with Crippen LogP contribution >= 0.6 is 0 Å². The quantitative estimate of drug-likeness (QED) is 0.166. The summed E-state index contributed by atoms with van der Waals surface area (Å²) in [7, 11) is 0. The second-order valence-electron chi connectivity index (χ2n) is 9.87. The van der Waals surface area contributed by atoms with Crippen molar-refractivity contribution in [1.29, 1.82) is 0 Å². The summed E-state index contributed by atoms with van der Waals surface area (Å²) in [6.07, 6.45) is 1.66. The first-order valence-corrected chi connectivity index (χ1v) is 13.3. The van der Waals surface area contributed by atoms with E-state index >= 15 is 0 Å². The molecule has 38 heavy (non-hydrogen) atoms. The van der Waals surface area contributed by atoms with Gasteiger partial charge in [-0.2, -0.15) is 0 Å². The Morgan fingerprint density at radius 3 is 2.32 bits per heavy atom. The number of aliphatic hydroxyl groups excluding tert-OH is 1. The van der Waals surface area contributed by atoms with Gasteiger partial charge in [-0.05, 0) is 67.4 Å². The van der Waals surface area contributed by atoms with Gasteiger partial charge in [0, 0.05) is 18.7 Å². The molecule has 3 rings (SSSR count). The van der Waals surface area contributed by atoms with Gasteiger partial charge in [0.1, 0.15) is 23.9 Å². The standard InChI is InChI=1S/C31H40N2O5/c1-7-18-37-24-12-10-23(11-13-24)28-27(30(35)31(36)33(28)17-16-32(8-2)9-3)29(34)26-15-14-25(19-22(26)6)38-20-21(4)5/h7,10-15,19,21,28,34H,1,8-9,16-18,20H2,2-6H3/b29-27+. The number of aryl methyl sites for hydroxylation is 1. The summed E-state index contributed by atoms with van der Waals surface area (Å²) in [4.78, 5) is 30.4. The van der Waals surface area contributed by atoms with Crippen molar-refractivity contribution in [2.75, 3.05) is 39.4 Å². The number of nitrogens with zero attached hydrogens (tertiary/aromatic N) is 2. The number of hydrogen-bond acceptors (Lipinski definition) is 6. The molecule has 0 aliphatic carbocycles. The number of amides is 1. The molecule has 1 unspecified atom stereocenters. The molecule has 7 nitrogen and oxygen atoms in total.